The quantitative estimate of drug-likeness (QED) is 0.528. The van der Waals surface area contributed by atoms with Gasteiger partial charge < -0.3 is 24.4 Å². The average Bonchev–Trinajstić information content (AvgIpc) is 3.39. The van der Waals surface area contributed by atoms with Gasteiger partial charge in [-0.05, 0) is 12.8 Å². The fraction of sp³-hybridized carbons (Fsp3) is 0.667. The van der Waals surface area contributed by atoms with Crippen LogP contribution >= 0.6 is 11.6 Å². The van der Waals surface area contributed by atoms with E-state index < -0.39 is 24.3 Å². The molecular weight excluding hydrogens is 542 g/mol. The molecule has 0 aliphatic carbocycles. The van der Waals surface area contributed by atoms with Gasteiger partial charge in [-0.1, -0.05) is 11.6 Å². The summed E-state index contributed by atoms with van der Waals surface area (Å²) < 4.78 is 80.9. The van der Waals surface area contributed by atoms with Gasteiger partial charge in [-0.3, -0.25) is 9.88 Å². The predicted octanol–water partition coefficient (Wildman–Crippen LogP) is 3.51. The Morgan fingerprint density at radius 1 is 1.05 bits per heavy atom. The molecule has 3 atom stereocenters. The lowest BCUT2D eigenvalue weighted by atomic mass is 9.94. The highest BCUT2D eigenvalue weighted by atomic mass is 35.5. The molecule has 0 spiro atoms. The monoisotopic (exact) mass is 566 g/mol. The first-order valence-electron chi connectivity index (χ1n) is 11.0. The molecule has 3 aliphatic heterocycles. The van der Waals surface area contributed by atoms with Gasteiger partial charge in [-0.25, -0.2) is 9.59 Å². The Morgan fingerprint density at radius 3 is 2.14 bits per heavy atom. The van der Waals surface area contributed by atoms with Crippen molar-refractivity contribution < 1.29 is 60.4 Å². The van der Waals surface area contributed by atoms with Crippen molar-refractivity contribution in [2.75, 3.05) is 39.5 Å². The maximum atomic E-state index is 10.6. The number of aliphatic carboxylic acids is 2. The number of aromatic nitrogens is 1. The number of ether oxygens (including phenoxy) is 3. The second kappa shape index (κ2) is 13.4. The zero-order valence-corrected chi connectivity index (χ0v) is 19.9. The molecule has 37 heavy (non-hydrogen) atoms. The van der Waals surface area contributed by atoms with Crippen LogP contribution in [0, 0.1) is 11.8 Å². The van der Waals surface area contributed by atoms with E-state index in [1.54, 1.807) is 12.4 Å². The molecule has 0 amide bonds. The van der Waals surface area contributed by atoms with Gasteiger partial charge in [0.1, 0.15) is 5.75 Å². The maximum Gasteiger partial charge on any atom is 0.490 e. The van der Waals surface area contributed by atoms with Crippen LogP contribution < -0.4 is 4.74 Å². The number of rotatable bonds is 4. The highest BCUT2D eigenvalue weighted by Crippen LogP contribution is 2.36. The van der Waals surface area contributed by atoms with Crippen LogP contribution in [-0.4, -0.2) is 96.1 Å². The number of alkyl halides is 6. The van der Waals surface area contributed by atoms with Crippen LogP contribution in [0.1, 0.15) is 12.8 Å². The summed E-state index contributed by atoms with van der Waals surface area (Å²) in [6, 6.07) is 2.47. The van der Waals surface area contributed by atoms with Crippen LogP contribution in [0.3, 0.4) is 0 Å². The Morgan fingerprint density at radius 2 is 1.62 bits per heavy atom. The SMILES string of the molecule is Clc1cncc(OC[C@@H]2CO[C@@H]3CN(C4CCOCC4)C[C@H]23)c1.O=C(O)C(F)(F)F.O=C(O)C(F)(F)F. The van der Waals surface area contributed by atoms with E-state index in [0.29, 0.717) is 35.6 Å². The van der Waals surface area contributed by atoms with Crippen LogP contribution in [-0.2, 0) is 19.1 Å². The second-order valence-corrected chi connectivity index (χ2v) is 8.79. The van der Waals surface area contributed by atoms with Crippen LogP contribution in [0.25, 0.3) is 0 Å². The summed E-state index contributed by atoms with van der Waals surface area (Å²) in [5.74, 6) is -3.76. The number of pyridine rings is 1. The summed E-state index contributed by atoms with van der Waals surface area (Å²) in [5.41, 5.74) is 0. The lowest BCUT2D eigenvalue weighted by Gasteiger charge is -2.31. The first-order chi connectivity index (χ1) is 17.2. The predicted molar refractivity (Wildman–Crippen MR) is 114 cm³/mol. The van der Waals surface area contributed by atoms with E-state index in [4.69, 9.17) is 45.6 Å². The zero-order chi connectivity index (χ0) is 27.8. The average molecular weight is 567 g/mol. The number of likely N-dealkylation sites (tertiary alicyclic amines) is 1. The van der Waals surface area contributed by atoms with Gasteiger partial charge in [0.15, 0.2) is 0 Å². The third-order valence-corrected chi connectivity index (χ3v) is 6.01. The molecular formula is C21H25ClF6N2O7. The lowest BCUT2D eigenvalue weighted by molar-refractivity contribution is -0.193. The highest BCUT2D eigenvalue weighted by molar-refractivity contribution is 6.30. The summed E-state index contributed by atoms with van der Waals surface area (Å²) in [5, 5.41) is 14.9. The van der Waals surface area contributed by atoms with E-state index in [9.17, 15) is 26.3 Å². The van der Waals surface area contributed by atoms with Gasteiger partial charge in [-0.15, -0.1) is 0 Å². The molecule has 0 radical (unpaired) electrons. The molecule has 4 rings (SSSR count). The fourth-order valence-corrected chi connectivity index (χ4v) is 4.19. The lowest BCUT2D eigenvalue weighted by Crippen LogP contribution is -2.39. The molecule has 2 N–H and O–H groups in total. The molecule has 210 valence electrons. The van der Waals surface area contributed by atoms with Crippen LogP contribution in [0.2, 0.25) is 5.02 Å². The summed E-state index contributed by atoms with van der Waals surface area (Å²) in [7, 11) is 0. The van der Waals surface area contributed by atoms with Crippen LogP contribution in [0.5, 0.6) is 5.75 Å². The van der Waals surface area contributed by atoms with Crippen molar-refractivity contribution >= 4 is 23.5 Å². The van der Waals surface area contributed by atoms with Gasteiger partial charge in [0.2, 0.25) is 0 Å². The Labute approximate surface area is 212 Å². The van der Waals surface area contributed by atoms with E-state index >= 15 is 0 Å². The van der Waals surface area contributed by atoms with Crippen molar-refractivity contribution in [3.05, 3.63) is 23.5 Å². The van der Waals surface area contributed by atoms with Crippen molar-refractivity contribution in [2.24, 2.45) is 11.8 Å². The van der Waals surface area contributed by atoms with E-state index in [0.717, 1.165) is 51.5 Å². The largest absolute Gasteiger partial charge is 0.492 e. The van der Waals surface area contributed by atoms with Gasteiger partial charge >= 0.3 is 24.3 Å². The minimum absolute atomic E-state index is 0.365. The Kier molecular flexibility index (Phi) is 11.2. The highest BCUT2D eigenvalue weighted by Gasteiger charge is 2.45. The number of hydrogen-bond donors (Lipinski definition) is 2. The van der Waals surface area contributed by atoms with E-state index in [1.807, 2.05) is 6.07 Å². The number of carboxylic acid groups (broad SMARTS) is 2. The molecule has 0 bridgehead atoms. The molecule has 9 nitrogen and oxygen atoms in total. The van der Waals surface area contributed by atoms with Crippen molar-refractivity contribution in [3.8, 4) is 5.75 Å². The molecule has 16 heteroatoms. The number of carbonyl (C=O) groups is 2. The molecule has 3 saturated heterocycles. The summed E-state index contributed by atoms with van der Waals surface area (Å²) in [6.07, 6.45) is -4.18. The van der Waals surface area contributed by atoms with Gasteiger partial charge in [0, 0.05) is 56.4 Å². The maximum absolute atomic E-state index is 10.6. The standard InChI is InChI=1S/C17H23ClN2O3.2C2HF3O2/c18-13-5-15(7-19-6-13)22-10-12-11-23-17-9-20(8-16(12)17)14-1-3-21-4-2-14;2*3-2(4,5)1(6)7/h5-7,12,14,16-17H,1-4,8-11H2;2*(H,6,7)/t12-,16-,17-;;/m1../s1. The van der Waals surface area contributed by atoms with Crippen molar-refractivity contribution in [1.82, 2.24) is 9.88 Å². The molecule has 1 aromatic rings. The molecule has 3 aliphatic rings. The van der Waals surface area contributed by atoms with Crippen LogP contribution in [0.15, 0.2) is 18.5 Å². The molecule has 1 aromatic heterocycles. The van der Waals surface area contributed by atoms with Crippen molar-refractivity contribution in [2.45, 2.75) is 37.3 Å². The normalized spacial score (nSPS) is 24.2. The molecule has 3 fully saturated rings. The Bertz CT molecular complexity index is 875. The smallest absolute Gasteiger partial charge is 0.490 e. The Hall–Kier alpha value is -2.36. The van der Waals surface area contributed by atoms with Gasteiger partial charge in [0.05, 0.1) is 30.5 Å². The molecule has 0 saturated carbocycles. The summed E-state index contributed by atoms with van der Waals surface area (Å²) in [4.78, 5) is 24.5. The zero-order valence-electron chi connectivity index (χ0n) is 19.2. The number of carboxylic acids is 2. The number of fused-ring (bicyclic) bond motifs is 1. The van der Waals surface area contributed by atoms with E-state index in [2.05, 4.69) is 9.88 Å². The number of halogens is 7. The first kappa shape index (κ1) is 30.9. The Balaban J connectivity index is 0.000000286. The summed E-state index contributed by atoms with van der Waals surface area (Å²) in [6.45, 7) is 5.44. The molecule has 0 unspecified atom stereocenters. The number of hydrogen-bond acceptors (Lipinski definition) is 7. The van der Waals surface area contributed by atoms with Gasteiger partial charge in [-0.2, -0.15) is 26.3 Å². The van der Waals surface area contributed by atoms with E-state index in [-0.39, 0.29) is 0 Å². The first-order valence-corrected chi connectivity index (χ1v) is 11.3. The minimum atomic E-state index is -5.08. The second-order valence-electron chi connectivity index (χ2n) is 8.35. The van der Waals surface area contributed by atoms with Crippen molar-refractivity contribution in [3.63, 3.8) is 0 Å². The summed E-state index contributed by atoms with van der Waals surface area (Å²) >= 11 is 5.95. The minimum Gasteiger partial charge on any atom is -0.492 e. The molecule has 4 heterocycles. The number of nitrogens with zero attached hydrogens (tertiary/aromatic N) is 2. The van der Waals surface area contributed by atoms with Gasteiger partial charge in [0.25, 0.3) is 0 Å². The third-order valence-electron chi connectivity index (χ3n) is 5.80. The fourth-order valence-electron chi connectivity index (χ4n) is 4.02. The van der Waals surface area contributed by atoms with E-state index in [1.165, 1.54) is 0 Å². The van der Waals surface area contributed by atoms with Crippen LogP contribution in [0.4, 0.5) is 26.3 Å². The topological polar surface area (TPSA) is 118 Å². The third kappa shape index (κ3) is 10.1. The van der Waals surface area contributed by atoms with Crippen molar-refractivity contribution in [1.29, 1.82) is 0 Å². The molecule has 0 aromatic carbocycles.